The summed E-state index contributed by atoms with van der Waals surface area (Å²) in [4.78, 5) is 13.6. The van der Waals surface area contributed by atoms with Crippen LogP contribution in [0, 0.1) is 5.41 Å². The summed E-state index contributed by atoms with van der Waals surface area (Å²) in [5.41, 5.74) is 1.45. The van der Waals surface area contributed by atoms with Crippen molar-refractivity contribution in [3.63, 3.8) is 0 Å². The topological polar surface area (TPSA) is 49.8 Å². The highest BCUT2D eigenvalue weighted by Gasteiger charge is 2.45. The summed E-state index contributed by atoms with van der Waals surface area (Å²) < 4.78 is 7.01. The molecular weight excluding hydrogens is 390 g/mol. The van der Waals surface area contributed by atoms with Crippen molar-refractivity contribution >= 4 is 43.5 Å². The second-order valence-electron chi connectivity index (χ2n) is 5.56. The Morgan fingerprint density at radius 2 is 1.90 bits per heavy atom. The zero-order valence-electron chi connectivity index (χ0n) is 10.9. The summed E-state index contributed by atoms with van der Waals surface area (Å²) in [7, 11) is 0. The Bertz CT molecular complexity index is 548. The van der Waals surface area contributed by atoms with Crippen molar-refractivity contribution in [2.75, 3.05) is 31.2 Å². The van der Waals surface area contributed by atoms with E-state index in [1.165, 1.54) is 0 Å². The Balaban J connectivity index is 1.87. The Kier molecular flexibility index (Phi) is 3.81. The molecule has 0 unspecified atom stereocenters. The van der Waals surface area contributed by atoms with Gasteiger partial charge in [0.15, 0.2) is 0 Å². The Morgan fingerprint density at radius 3 is 2.50 bits per heavy atom. The van der Waals surface area contributed by atoms with Crippen molar-refractivity contribution in [1.82, 2.24) is 0 Å². The van der Waals surface area contributed by atoms with Gasteiger partial charge in [-0.1, -0.05) is 15.9 Å². The fourth-order valence-corrected chi connectivity index (χ4v) is 4.57. The first-order chi connectivity index (χ1) is 9.51. The molecule has 1 spiro atoms. The largest absolute Gasteiger partial charge is 0.478 e. The molecule has 2 heterocycles. The van der Waals surface area contributed by atoms with E-state index in [0.29, 0.717) is 11.0 Å². The van der Waals surface area contributed by atoms with Crippen molar-refractivity contribution in [3.05, 3.63) is 26.6 Å². The molecule has 1 N–H and O–H groups in total. The summed E-state index contributed by atoms with van der Waals surface area (Å²) in [6.45, 7) is 3.47. The maximum absolute atomic E-state index is 11.5. The number of ether oxygens (including phenoxy) is 1. The second kappa shape index (κ2) is 5.31. The first-order valence-electron chi connectivity index (χ1n) is 6.56. The third-order valence-corrected chi connectivity index (χ3v) is 5.24. The quantitative estimate of drug-likeness (QED) is 0.819. The standard InChI is InChI=1S/C14H15Br2NO3/c15-9-5-10(13(18)19)12(11(16)6-9)17-7-14(8-17)1-3-20-4-2-14/h5-6H,1-4,7-8H2,(H,18,19). The monoisotopic (exact) mass is 403 g/mol. The van der Waals surface area contributed by atoms with Gasteiger partial charge in [0.25, 0.3) is 0 Å². The first kappa shape index (κ1) is 14.4. The summed E-state index contributed by atoms with van der Waals surface area (Å²) in [6, 6.07) is 3.56. The van der Waals surface area contributed by atoms with Gasteiger partial charge >= 0.3 is 5.97 Å². The van der Waals surface area contributed by atoms with Gasteiger partial charge in [-0.15, -0.1) is 0 Å². The van der Waals surface area contributed by atoms with Crippen LogP contribution in [0.1, 0.15) is 23.2 Å². The Morgan fingerprint density at radius 1 is 1.25 bits per heavy atom. The number of aromatic carboxylic acids is 1. The molecule has 2 aliphatic heterocycles. The maximum atomic E-state index is 11.5. The van der Waals surface area contributed by atoms with Gasteiger partial charge in [-0.05, 0) is 40.9 Å². The molecular formula is C14H15Br2NO3. The van der Waals surface area contributed by atoms with Gasteiger partial charge in [0.1, 0.15) is 0 Å². The molecule has 2 aliphatic rings. The summed E-state index contributed by atoms with van der Waals surface area (Å²) >= 11 is 6.84. The number of nitrogens with zero attached hydrogens (tertiary/aromatic N) is 1. The van der Waals surface area contributed by atoms with E-state index in [1.54, 1.807) is 6.07 Å². The molecule has 20 heavy (non-hydrogen) atoms. The first-order valence-corrected chi connectivity index (χ1v) is 8.14. The minimum Gasteiger partial charge on any atom is -0.478 e. The van der Waals surface area contributed by atoms with Crippen LogP contribution >= 0.6 is 31.9 Å². The van der Waals surface area contributed by atoms with E-state index < -0.39 is 5.97 Å². The lowest BCUT2D eigenvalue weighted by molar-refractivity contribution is -0.000342. The van der Waals surface area contributed by atoms with E-state index in [2.05, 4.69) is 36.8 Å². The van der Waals surface area contributed by atoms with Gasteiger partial charge in [-0.3, -0.25) is 0 Å². The molecule has 0 aliphatic carbocycles. The van der Waals surface area contributed by atoms with Crippen LogP contribution in [0.3, 0.4) is 0 Å². The normalized spacial score (nSPS) is 20.8. The third kappa shape index (κ3) is 2.49. The molecule has 6 heteroatoms. The minimum atomic E-state index is -0.894. The minimum absolute atomic E-state index is 0.320. The molecule has 0 amide bonds. The molecule has 1 aromatic carbocycles. The van der Waals surface area contributed by atoms with Gasteiger partial charge in [-0.25, -0.2) is 4.79 Å². The zero-order valence-corrected chi connectivity index (χ0v) is 14.0. The van der Waals surface area contributed by atoms with Crippen molar-refractivity contribution in [2.45, 2.75) is 12.8 Å². The average Bonchev–Trinajstić information content (AvgIpc) is 2.36. The molecule has 2 saturated heterocycles. The van der Waals surface area contributed by atoms with Gasteiger partial charge in [0.2, 0.25) is 0 Å². The fourth-order valence-electron chi connectivity index (χ4n) is 3.09. The van der Waals surface area contributed by atoms with Crippen molar-refractivity contribution < 1.29 is 14.6 Å². The molecule has 4 nitrogen and oxygen atoms in total. The lowest BCUT2D eigenvalue weighted by Gasteiger charge is -2.53. The van der Waals surface area contributed by atoms with Crippen molar-refractivity contribution in [1.29, 1.82) is 0 Å². The molecule has 3 rings (SSSR count). The van der Waals surface area contributed by atoms with Gasteiger partial charge in [0, 0.05) is 40.7 Å². The third-order valence-electron chi connectivity index (χ3n) is 4.18. The summed E-state index contributed by atoms with van der Waals surface area (Å²) in [5, 5.41) is 9.40. The van der Waals surface area contributed by atoms with E-state index in [0.717, 1.165) is 53.8 Å². The molecule has 0 aromatic heterocycles. The Labute approximate surface area is 134 Å². The van der Waals surface area contributed by atoms with Crippen LogP contribution in [0.4, 0.5) is 5.69 Å². The van der Waals surface area contributed by atoms with E-state index in [-0.39, 0.29) is 0 Å². The number of rotatable bonds is 2. The number of hydrogen-bond acceptors (Lipinski definition) is 3. The number of carbonyl (C=O) groups is 1. The number of carboxylic acids is 1. The number of halogens is 2. The van der Waals surface area contributed by atoms with Gasteiger partial charge < -0.3 is 14.7 Å². The second-order valence-corrected chi connectivity index (χ2v) is 7.33. The lowest BCUT2D eigenvalue weighted by Crippen LogP contribution is -2.59. The average molecular weight is 405 g/mol. The molecule has 0 bridgehead atoms. The number of benzene rings is 1. The van der Waals surface area contributed by atoms with E-state index in [1.807, 2.05) is 6.07 Å². The van der Waals surface area contributed by atoms with Crippen LogP contribution in [0.2, 0.25) is 0 Å². The molecule has 1 aromatic rings. The number of hydrogen-bond donors (Lipinski definition) is 1. The summed E-state index contributed by atoms with van der Waals surface area (Å²) in [5.74, 6) is -0.894. The molecule has 2 fully saturated rings. The van der Waals surface area contributed by atoms with E-state index >= 15 is 0 Å². The van der Waals surface area contributed by atoms with E-state index in [4.69, 9.17) is 4.74 Å². The fraction of sp³-hybridized carbons (Fsp3) is 0.500. The zero-order chi connectivity index (χ0) is 14.3. The highest BCUT2D eigenvalue weighted by atomic mass is 79.9. The lowest BCUT2D eigenvalue weighted by atomic mass is 9.73. The van der Waals surface area contributed by atoms with Gasteiger partial charge in [0.05, 0.1) is 11.3 Å². The number of carboxylic acid groups (broad SMARTS) is 1. The predicted molar refractivity (Wildman–Crippen MR) is 83.5 cm³/mol. The Hall–Kier alpha value is -0.590. The van der Waals surface area contributed by atoms with Crippen LogP contribution in [0.15, 0.2) is 21.1 Å². The van der Waals surface area contributed by atoms with Crippen molar-refractivity contribution in [3.8, 4) is 0 Å². The maximum Gasteiger partial charge on any atom is 0.337 e. The highest BCUT2D eigenvalue weighted by Crippen LogP contribution is 2.45. The molecule has 108 valence electrons. The van der Waals surface area contributed by atoms with E-state index in [9.17, 15) is 9.90 Å². The molecule has 0 radical (unpaired) electrons. The predicted octanol–water partition coefficient (Wildman–Crippen LogP) is 3.53. The van der Waals surface area contributed by atoms with Crippen LogP contribution in [-0.4, -0.2) is 37.4 Å². The molecule has 0 saturated carbocycles. The molecule has 0 atom stereocenters. The van der Waals surface area contributed by atoms with Crippen molar-refractivity contribution in [2.24, 2.45) is 5.41 Å². The van der Waals surface area contributed by atoms with Crippen LogP contribution in [0.5, 0.6) is 0 Å². The highest BCUT2D eigenvalue weighted by molar-refractivity contribution is 9.11. The van der Waals surface area contributed by atoms with Crippen LogP contribution in [0.25, 0.3) is 0 Å². The smallest absolute Gasteiger partial charge is 0.337 e. The van der Waals surface area contributed by atoms with Crippen LogP contribution < -0.4 is 4.90 Å². The number of anilines is 1. The van der Waals surface area contributed by atoms with Gasteiger partial charge in [-0.2, -0.15) is 0 Å². The summed E-state index contributed by atoms with van der Waals surface area (Å²) in [6.07, 6.45) is 2.14. The van der Waals surface area contributed by atoms with Crippen LogP contribution in [-0.2, 0) is 4.74 Å². The SMILES string of the molecule is O=C(O)c1cc(Br)cc(Br)c1N1CC2(CCOCC2)C1.